The van der Waals surface area contributed by atoms with Crippen molar-refractivity contribution < 1.29 is 8.42 Å². The number of nitroso groups, excluding NO2 is 1. The van der Waals surface area contributed by atoms with E-state index < -0.39 is 9.84 Å². The fraction of sp³-hybridized carbons (Fsp3) is 0.793. The average Bonchev–Trinajstić information content (AvgIpc) is 3.20. The van der Waals surface area contributed by atoms with Gasteiger partial charge in [-0.05, 0) is 117 Å². The summed E-state index contributed by atoms with van der Waals surface area (Å²) >= 11 is 0. The van der Waals surface area contributed by atoms with Crippen LogP contribution in [0.4, 0.5) is 0 Å². The van der Waals surface area contributed by atoms with Gasteiger partial charge in [-0.2, -0.15) is 4.91 Å². The third-order valence-electron chi connectivity index (χ3n) is 10.8. The highest BCUT2D eigenvalue weighted by Gasteiger charge is 2.60. The van der Waals surface area contributed by atoms with Crippen LogP contribution in [0.3, 0.4) is 0 Å². The van der Waals surface area contributed by atoms with E-state index in [1.54, 1.807) is 12.1 Å². The Hall–Kier alpha value is -1.23. The zero-order valence-electron chi connectivity index (χ0n) is 21.7. The molecule has 1 aromatic carbocycles. The summed E-state index contributed by atoms with van der Waals surface area (Å²) in [5.74, 6) is 3.76. The number of hydrogen-bond acceptors (Lipinski definition) is 4. The molecule has 8 unspecified atom stereocenters. The van der Waals surface area contributed by atoms with Gasteiger partial charge in [-0.1, -0.05) is 51.1 Å². The van der Waals surface area contributed by atoms with Crippen molar-refractivity contribution in [2.75, 3.05) is 5.75 Å². The number of hydrogen-bond donors (Lipinski definition) is 0. The first kappa shape index (κ1) is 25.9. The summed E-state index contributed by atoms with van der Waals surface area (Å²) < 4.78 is 25.8. The van der Waals surface area contributed by atoms with Crippen LogP contribution in [-0.2, 0) is 9.84 Å². The third kappa shape index (κ3) is 4.40. The topological polar surface area (TPSA) is 63.6 Å². The van der Waals surface area contributed by atoms with E-state index >= 15 is 0 Å². The molecule has 0 spiro atoms. The third-order valence-corrected chi connectivity index (χ3v) is 12.6. The molecule has 4 aliphatic rings. The molecule has 5 rings (SSSR count). The standard InChI is InChI=1S/C27H39NO3S.C2H6/c1-26-16-13-25-23(10-8-20-18-21(28-29)12-15-27(20,25)2)24(26)11-9-19(26)14-17-32(30,31)22-6-4-3-5-7-22;1-2/h3-7,19-21,23-25H,8-18H2,1-2H3;1-2H3. The second kappa shape index (κ2) is 10.0. The van der Waals surface area contributed by atoms with Crippen molar-refractivity contribution in [1.29, 1.82) is 0 Å². The highest BCUT2D eigenvalue weighted by Crippen LogP contribution is 2.67. The van der Waals surface area contributed by atoms with Gasteiger partial charge in [-0.15, -0.1) is 0 Å². The lowest BCUT2D eigenvalue weighted by atomic mass is 9.44. The zero-order chi connectivity index (χ0) is 24.6. The largest absolute Gasteiger partial charge is 0.224 e. The fourth-order valence-corrected chi connectivity index (χ4v) is 10.4. The summed E-state index contributed by atoms with van der Waals surface area (Å²) in [6, 6.07) is 9.01. The number of rotatable bonds is 5. The Morgan fingerprint density at radius 1 is 0.882 bits per heavy atom. The van der Waals surface area contributed by atoms with Gasteiger partial charge in [0, 0.05) is 0 Å². The first-order valence-electron chi connectivity index (χ1n) is 13.9. The molecule has 34 heavy (non-hydrogen) atoms. The van der Waals surface area contributed by atoms with Crippen LogP contribution in [0.15, 0.2) is 40.4 Å². The van der Waals surface area contributed by atoms with Crippen LogP contribution in [0.5, 0.6) is 0 Å². The Morgan fingerprint density at radius 2 is 1.56 bits per heavy atom. The molecular formula is C29H45NO3S. The lowest BCUT2D eigenvalue weighted by molar-refractivity contribution is -0.113. The molecule has 0 aromatic heterocycles. The van der Waals surface area contributed by atoms with E-state index in [0.717, 1.165) is 43.4 Å². The molecule has 0 N–H and O–H groups in total. The van der Waals surface area contributed by atoms with Gasteiger partial charge in [0.15, 0.2) is 9.84 Å². The fourth-order valence-electron chi connectivity index (χ4n) is 8.96. The number of sulfone groups is 1. The summed E-state index contributed by atoms with van der Waals surface area (Å²) in [4.78, 5) is 11.6. The normalized spacial score (nSPS) is 41.3. The molecule has 4 saturated carbocycles. The lowest BCUT2D eigenvalue weighted by Crippen LogP contribution is -2.53. The van der Waals surface area contributed by atoms with Crippen molar-refractivity contribution in [2.24, 2.45) is 45.6 Å². The van der Waals surface area contributed by atoms with Gasteiger partial charge < -0.3 is 0 Å². The van der Waals surface area contributed by atoms with E-state index in [9.17, 15) is 13.3 Å². The van der Waals surface area contributed by atoms with E-state index in [2.05, 4.69) is 19.0 Å². The highest BCUT2D eigenvalue weighted by molar-refractivity contribution is 7.91. The summed E-state index contributed by atoms with van der Waals surface area (Å²) in [7, 11) is -3.20. The quantitative estimate of drug-likeness (QED) is 0.400. The molecule has 0 heterocycles. The van der Waals surface area contributed by atoms with Crippen LogP contribution in [-0.4, -0.2) is 20.2 Å². The average molecular weight is 488 g/mol. The monoisotopic (exact) mass is 487 g/mol. The lowest BCUT2D eigenvalue weighted by Gasteiger charge is -2.61. The molecule has 4 nitrogen and oxygen atoms in total. The Labute approximate surface area is 207 Å². The first-order valence-corrected chi connectivity index (χ1v) is 15.5. The maximum atomic E-state index is 12.9. The molecule has 4 fully saturated rings. The predicted octanol–water partition coefficient (Wildman–Crippen LogP) is 7.67. The summed E-state index contributed by atoms with van der Waals surface area (Å²) in [5, 5.41) is 3.41. The van der Waals surface area contributed by atoms with Crippen molar-refractivity contribution in [3.05, 3.63) is 35.2 Å². The Bertz CT molecular complexity index is 947. The van der Waals surface area contributed by atoms with Crippen molar-refractivity contribution in [3.63, 3.8) is 0 Å². The molecule has 0 aliphatic heterocycles. The van der Waals surface area contributed by atoms with Gasteiger partial charge in [-0.3, -0.25) is 0 Å². The number of fused-ring (bicyclic) bond motifs is 5. The minimum absolute atomic E-state index is 0.0425. The molecule has 5 heteroatoms. The SMILES string of the molecule is CC.CC12CCC3C(CCC4CC(N=O)CCC43C)C1CCC2CCS(=O)(=O)c1ccccc1. The predicted molar refractivity (Wildman–Crippen MR) is 139 cm³/mol. The molecule has 0 radical (unpaired) electrons. The van der Waals surface area contributed by atoms with E-state index in [1.807, 2.05) is 32.0 Å². The Morgan fingerprint density at radius 3 is 2.26 bits per heavy atom. The molecule has 1 aromatic rings. The van der Waals surface area contributed by atoms with Crippen molar-refractivity contribution in [3.8, 4) is 0 Å². The second-order valence-corrected chi connectivity index (χ2v) is 14.0. The van der Waals surface area contributed by atoms with Gasteiger partial charge in [0.2, 0.25) is 0 Å². The van der Waals surface area contributed by atoms with Crippen molar-refractivity contribution >= 4 is 9.84 Å². The van der Waals surface area contributed by atoms with Crippen LogP contribution < -0.4 is 0 Å². The molecule has 0 bridgehead atoms. The summed E-state index contributed by atoms with van der Waals surface area (Å²) in [5.41, 5.74) is 0.665. The molecule has 190 valence electrons. The van der Waals surface area contributed by atoms with Crippen LogP contribution in [0.25, 0.3) is 0 Å². The van der Waals surface area contributed by atoms with E-state index in [0.29, 0.717) is 22.1 Å². The number of benzene rings is 1. The summed E-state index contributed by atoms with van der Waals surface area (Å²) in [6.45, 7) is 9.01. The molecule has 0 saturated heterocycles. The Balaban J connectivity index is 0.00000133. The van der Waals surface area contributed by atoms with Crippen LogP contribution >= 0.6 is 0 Å². The Kier molecular flexibility index (Phi) is 7.62. The van der Waals surface area contributed by atoms with Crippen LogP contribution in [0.1, 0.15) is 91.9 Å². The highest BCUT2D eigenvalue weighted by atomic mass is 32.2. The maximum Gasteiger partial charge on any atom is 0.178 e. The van der Waals surface area contributed by atoms with E-state index in [4.69, 9.17) is 0 Å². The van der Waals surface area contributed by atoms with Crippen molar-refractivity contribution in [1.82, 2.24) is 0 Å². The van der Waals surface area contributed by atoms with Crippen LogP contribution in [0.2, 0.25) is 0 Å². The molecule has 8 atom stereocenters. The van der Waals surface area contributed by atoms with Gasteiger partial charge in [0.05, 0.1) is 16.7 Å². The smallest absolute Gasteiger partial charge is 0.178 e. The molecule has 0 amide bonds. The maximum absolute atomic E-state index is 12.9. The van der Waals surface area contributed by atoms with Gasteiger partial charge >= 0.3 is 0 Å². The van der Waals surface area contributed by atoms with Gasteiger partial charge in [0.25, 0.3) is 0 Å². The van der Waals surface area contributed by atoms with Gasteiger partial charge in [0.1, 0.15) is 0 Å². The number of nitrogens with zero attached hydrogens (tertiary/aromatic N) is 1. The van der Waals surface area contributed by atoms with Crippen LogP contribution in [0, 0.1) is 45.3 Å². The summed E-state index contributed by atoms with van der Waals surface area (Å²) in [6.07, 6.45) is 11.5. The van der Waals surface area contributed by atoms with E-state index in [-0.39, 0.29) is 17.2 Å². The molecular weight excluding hydrogens is 442 g/mol. The van der Waals surface area contributed by atoms with Crippen molar-refractivity contribution in [2.45, 2.75) is 103 Å². The minimum atomic E-state index is -3.20. The second-order valence-electron chi connectivity index (χ2n) is 11.9. The molecule has 4 aliphatic carbocycles. The van der Waals surface area contributed by atoms with Gasteiger partial charge in [-0.25, -0.2) is 8.42 Å². The first-order chi connectivity index (χ1) is 16.3. The van der Waals surface area contributed by atoms with E-state index in [1.165, 1.54) is 38.5 Å². The minimum Gasteiger partial charge on any atom is -0.224 e. The zero-order valence-corrected chi connectivity index (χ0v) is 22.5.